The maximum atomic E-state index is 10.6. The molecule has 0 spiro atoms. The second kappa shape index (κ2) is 10.6. The summed E-state index contributed by atoms with van der Waals surface area (Å²) in [5.74, 6) is 2.10. The molecule has 6 atom stereocenters. The number of rotatable bonds is 8. The van der Waals surface area contributed by atoms with Gasteiger partial charge in [0.15, 0.2) is 0 Å². The summed E-state index contributed by atoms with van der Waals surface area (Å²) in [5, 5.41) is 30.9. The number of allylic oxidation sites excluding steroid dienone is 3. The molecule has 3 heteroatoms. The highest BCUT2D eigenvalue weighted by molar-refractivity contribution is 5.38. The van der Waals surface area contributed by atoms with Gasteiger partial charge in [0, 0.05) is 6.42 Å². The van der Waals surface area contributed by atoms with Gasteiger partial charge in [-0.05, 0) is 92.1 Å². The highest BCUT2D eigenvalue weighted by Gasteiger charge is 2.50. The van der Waals surface area contributed by atoms with Crippen LogP contribution in [0.1, 0.15) is 105 Å². The molecule has 3 aliphatic rings. The summed E-state index contributed by atoms with van der Waals surface area (Å²) in [7, 11) is 0. The topological polar surface area (TPSA) is 60.7 Å². The van der Waals surface area contributed by atoms with E-state index < -0.39 is 17.8 Å². The van der Waals surface area contributed by atoms with Crippen LogP contribution in [0.4, 0.5) is 0 Å². The first-order valence-electron chi connectivity index (χ1n) is 13.3. The Kier molecular flexibility index (Phi) is 8.50. The van der Waals surface area contributed by atoms with Crippen LogP contribution in [0.5, 0.6) is 0 Å². The predicted octanol–water partition coefficient (Wildman–Crippen LogP) is 6.48. The average molecular weight is 445 g/mol. The second-order valence-electron chi connectivity index (χ2n) is 11.5. The van der Waals surface area contributed by atoms with Gasteiger partial charge in [0.05, 0.1) is 17.8 Å². The standard InChI is InChI=1S/C29H48O3/c1-6-29(32,7-2)17-8-10-20(3)25-14-15-26-22(11-9-16-28(25,26)5)12-13-23-18-24(30)19-27(31)21(23)4/h12-13,20,24-27,30-32H,4,6-11,14-19H2,1-3,5H3/b22-12+,23-13-/t20-,24-,25-,26+,27+,28-/m1/s1. The lowest BCUT2D eigenvalue weighted by molar-refractivity contribution is 0.0178. The van der Waals surface area contributed by atoms with Gasteiger partial charge in [-0.2, -0.15) is 0 Å². The fraction of sp³-hybridized carbons (Fsp3) is 0.793. The molecule has 0 radical (unpaired) electrons. The van der Waals surface area contributed by atoms with Crippen LogP contribution in [0, 0.1) is 23.2 Å². The lowest BCUT2D eigenvalue weighted by Gasteiger charge is -2.44. The monoisotopic (exact) mass is 444 g/mol. The third-order valence-electron chi connectivity index (χ3n) is 9.61. The van der Waals surface area contributed by atoms with Crippen molar-refractivity contribution in [1.82, 2.24) is 0 Å². The Bertz CT molecular complexity index is 716. The Morgan fingerprint density at radius 2 is 1.91 bits per heavy atom. The third kappa shape index (κ3) is 5.42. The first-order valence-corrected chi connectivity index (χ1v) is 13.3. The van der Waals surface area contributed by atoms with Crippen LogP contribution in [-0.2, 0) is 0 Å². The highest BCUT2D eigenvalue weighted by Crippen LogP contribution is 2.60. The van der Waals surface area contributed by atoms with Crippen LogP contribution >= 0.6 is 0 Å². The molecule has 0 heterocycles. The van der Waals surface area contributed by atoms with Crippen LogP contribution in [0.3, 0.4) is 0 Å². The summed E-state index contributed by atoms with van der Waals surface area (Å²) in [5.41, 5.74) is 3.26. The zero-order valence-corrected chi connectivity index (χ0v) is 21.1. The molecular weight excluding hydrogens is 396 g/mol. The second-order valence-corrected chi connectivity index (χ2v) is 11.5. The summed E-state index contributed by atoms with van der Waals surface area (Å²) in [6.07, 6.45) is 15.7. The predicted molar refractivity (Wildman–Crippen MR) is 133 cm³/mol. The van der Waals surface area contributed by atoms with E-state index in [1.807, 2.05) is 0 Å². The minimum Gasteiger partial charge on any atom is -0.393 e. The number of hydrogen-bond donors (Lipinski definition) is 3. The molecule has 3 N–H and O–H groups in total. The fourth-order valence-corrected chi connectivity index (χ4v) is 7.24. The van der Waals surface area contributed by atoms with E-state index in [1.165, 1.54) is 38.5 Å². The van der Waals surface area contributed by atoms with Gasteiger partial charge < -0.3 is 15.3 Å². The Labute approximate surface area is 196 Å². The number of fused-ring (bicyclic) bond motifs is 1. The summed E-state index contributed by atoms with van der Waals surface area (Å²) < 4.78 is 0. The molecule has 32 heavy (non-hydrogen) atoms. The molecule has 3 rings (SSSR count). The van der Waals surface area contributed by atoms with Crippen LogP contribution < -0.4 is 0 Å². The zero-order chi connectivity index (χ0) is 23.5. The van der Waals surface area contributed by atoms with Crippen molar-refractivity contribution in [3.05, 3.63) is 35.5 Å². The average Bonchev–Trinajstić information content (AvgIpc) is 3.12. The van der Waals surface area contributed by atoms with Crippen molar-refractivity contribution in [2.75, 3.05) is 0 Å². The minimum absolute atomic E-state index is 0.371. The molecule has 0 aromatic rings. The van der Waals surface area contributed by atoms with E-state index in [4.69, 9.17) is 0 Å². The molecule has 0 bridgehead atoms. The molecule has 3 nitrogen and oxygen atoms in total. The smallest absolute Gasteiger partial charge is 0.0811 e. The molecule has 3 fully saturated rings. The lowest BCUT2D eigenvalue weighted by atomic mass is 9.60. The Hall–Kier alpha value is -0.900. The highest BCUT2D eigenvalue weighted by atomic mass is 16.3. The minimum atomic E-state index is -0.616. The lowest BCUT2D eigenvalue weighted by Crippen LogP contribution is -2.36. The van der Waals surface area contributed by atoms with Crippen molar-refractivity contribution in [1.29, 1.82) is 0 Å². The van der Waals surface area contributed by atoms with E-state index >= 15 is 0 Å². The van der Waals surface area contributed by atoms with Gasteiger partial charge >= 0.3 is 0 Å². The van der Waals surface area contributed by atoms with Crippen molar-refractivity contribution in [2.24, 2.45) is 23.2 Å². The third-order valence-corrected chi connectivity index (χ3v) is 9.61. The molecule has 3 aliphatic carbocycles. The molecule has 0 aromatic heterocycles. The molecule has 3 saturated carbocycles. The largest absolute Gasteiger partial charge is 0.393 e. The van der Waals surface area contributed by atoms with Crippen molar-refractivity contribution in [3.8, 4) is 0 Å². The maximum absolute atomic E-state index is 10.6. The Balaban J connectivity index is 1.67. The number of hydrogen-bond acceptors (Lipinski definition) is 3. The van der Waals surface area contributed by atoms with Gasteiger partial charge in [-0.3, -0.25) is 0 Å². The van der Waals surface area contributed by atoms with E-state index in [2.05, 4.69) is 46.4 Å². The van der Waals surface area contributed by atoms with Crippen molar-refractivity contribution >= 4 is 0 Å². The Morgan fingerprint density at radius 1 is 1.19 bits per heavy atom. The normalized spacial score (nSPS) is 37.2. The Morgan fingerprint density at radius 3 is 2.59 bits per heavy atom. The molecule has 0 unspecified atom stereocenters. The molecule has 182 valence electrons. The van der Waals surface area contributed by atoms with E-state index in [0.29, 0.717) is 30.1 Å². The number of aliphatic hydroxyl groups is 3. The van der Waals surface area contributed by atoms with Crippen molar-refractivity contribution < 1.29 is 15.3 Å². The first kappa shape index (κ1) is 25.7. The zero-order valence-electron chi connectivity index (χ0n) is 21.1. The maximum Gasteiger partial charge on any atom is 0.0811 e. The first-order chi connectivity index (χ1) is 15.1. The van der Waals surface area contributed by atoms with Gasteiger partial charge in [-0.25, -0.2) is 0 Å². The van der Waals surface area contributed by atoms with Gasteiger partial charge in [-0.1, -0.05) is 64.8 Å². The SMILES string of the molecule is C=C1/C(=C\C=C2/CCC[C@]3(C)[C@@H]([C@H](C)CCCC(O)(CC)CC)CC[C@@H]23)C[C@@H](O)C[C@@H]1O. The molecule has 0 saturated heterocycles. The van der Waals surface area contributed by atoms with Crippen LogP contribution in [0.15, 0.2) is 35.5 Å². The van der Waals surface area contributed by atoms with Gasteiger partial charge in [0.1, 0.15) is 0 Å². The van der Waals surface area contributed by atoms with Crippen LogP contribution in [0.25, 0.3) is 0 Å². The van der Waals surface area contributed by atoms with Gasteiger partial charge in [0.2, 0.25) is 0 Å². The summed E-state index contributed by atoms with van der Waals surface area (Å²) >= 11 is 0. The van der Waals surface area contributed by atoms with Gasteiger partial charge in [0.25, 0.3) is 0 Å². The van der Waals surface area contributed by atoms with Gasteiger partial charge in [-0.15, -0.1) is 0 Å². The van der Waals surface area contributed by atoms with E-state index in [0.717, 1.165) is 42.7 Å². The van der Waals surface area contributed by atoms with Crippen LogP contribution in [-0.4, -0.2) is 33.1 Å². The molecular formula is C29H48O3. The number of aliphatic hydroxyl groups excluding tert-OH is 2. The summed E-state index contributed by atoms with van der Waals surface area (Å²) in [4.78, 5) is 0. The quantitative estimate of drug-likeness (QED) is 0.401. The fourth-order valence-electron chi connectivity index (χ4n) is 7.24. The van der Waals surface area contributed by atoms with E-state index in [9.17, 15) is 15.3 Å². The molecule has 0 aliphatic heterocycles. The van der Waals surface area contributed by atoms with E-state index in [1.54, 1.807) is 5.57 Å². The molecule has 0 amide bonds. The van der Waals surface area contributed by atoms with Crippen LogP contribution in [0.2, 0.25) is 0 Å². The summed E-state index contributed by atoms with van der Waals surface area (Å²) in [6, 6.07) is 0. The van der Waals surface area contributed by atoms with Crippen molar-refractivity contribution in [2.45, 2.75) is 123 Å². The van der Waals surface area contributed by atoms with E-state index in [-0.39, 0.29) is 0 Å². The molecule has 0 aromatic carbocycles. The van der Waals surface area contributed by atoms with Crippen molar-refractivity contribution in [3.63, 3.8) is 0 Å². The summed E-state index contributed by atoms with van der Waals surface area (Å²) in [6.45, 7) is 13.3.